The maximum atomic E-state index is 5.32. The van der Waals surface area contributed by atoms with Crippen LogP contribution in [0.5, 0.6) is 0 Å². The lowest BCUT2D eigenvalue weighted by molar-refractivity contribution is -0.682. The van der Waals surface area contributed by atoms with Crippen molar-refractivity contribution in [2.24, 2.45) is 5.92 Å². The van der Waals surface area contributed by atoms with Gasteiger partial charge in [-0.2, -0.15) is 0 Å². The van der Waals surface area contributed by atoms with Crippen molar-refractivity contribution in [2.45, 2.75) is 18.4 Å². The highest BCUT2D eigenvalue weighted by atomic mass is 35.5. The first kappa shape index (κ1) is 6.92. The summed E-state index contributed by atoms with van der Waals surface area (Å²) < 4.78 is 0. The summed E-state index contributed by atoms with van der Waals surface area (Å²) >= 11 is 0. The molecule has 2 heteroatoms. The van der Waals surface area contributed by atoms with Gasteiger partial charge in [0.1, 0.15) is 0 Å². The molecule has 2 aliphatic heterocycles. The Morgan fingerprint density at radius 3 is 2.44 bits per heavy atom. The third-order valence-corrected chi connectivity index (χ3v) is 2.44. The summed E-state index contributed by atoms with van der Waals surface area (Å²) in [4.78, 5) is 0. The Morgan fingerprint density at radius 1 is 1.56 bits per heavy atom. The van der Waals surface area contributed by atoms with Crippen molar-refractivity contribution in [3.63, 3.8) is 0 Å². The van der Waals surface area contributed by atoms with Crippen LogP contribution < -0.4 is 17.7 Å². The number of hydrogen-bond donors (Lipinski definition) is 1. The summed E-state index contributed by atoms with van der Waals surface area (Å²) in [6, 6.07) is 0. The van der Waals surface area contributed by atoms with Crippen LogP contribution in [0.1, 0.15) is 12.8 Å². The van der Waals surface area contributed by atoms with Crippen molar-refractivity contribution in [3.05, 3.63) is 0 Å². The van der Waals surface area contributed by atoms with E-state index < -0.39 is 0 Å². The van der Waals surface area contributed by atoms with E-state index in [1.54, 1.807) is 0 Å². The molecule has 0 atom stereocenters. The summed E-state index contributed by atoms with van der Waals surface area (Å²) in [7, 11) is 0. The van der Waals surface area contributed by atoms with Gasteiger partial charge < -0.3 is 17.7 Å². The summed E-state index contributed by atoms with van der Waals surface area (Å²) in [5.74, 6) is 3.81. The molecule has 3 aliphatic rings. The zero-order valence-electron chi connectivity index (χ0n) is 5.23. The summed E-state index contributed by atoms with van der Waals surface area (Å²) in [6.45, 7) is 1.28. The van der Waals surface area contributed by atoms with Crippen LogP contribution in [0.15, 0.2) is 0 Å². The molecular weight excluding hydrogens is 134 g/mol. The van der Waals surface area contributed by atoms with Crippen LogP contribution in [0, 0.1) is 18.3 Å². The van der Waals surface area contributed by atoms with E-state index in [2.05, 4.69) is 11.2 Å². The zero-order valence-corrected chi connectivity index (χ0v) is 5.99. The SMILES string of the molecule is C#CC12CC(C[NH2+]1)C2.[Cl-]. The molecule has 0 radical (unpaired) electrons. The van der Waals surface area contributed by atoms with Crippen LogP contribution in [-0.4, -0.2) is 12.1 Å². The van der Waals surface area contributed by atoms with Crippen LogP contribution in [0.2, 0.25) is 0 Å². The second-order valence-corrected chi connectivity index (χ2v) is 3.01. The minimum atomic E-state index is 0. The topological polar surface area (TPSA) is 16.6 Å². The van der Waals surface area contributed by atoms with E-state index in [9.17, 15) is 0 Å². The maximum Gasteiger partial charge on any atom is 0.158 e. The highest BCUT2D eigenvalue weighted by Gasteiger charge is 2.53. The molecule has 9 heavy (non-hydrogen) atoms. The van der Waals surface area contributed by atoms with Crippen molar-refractivity contribution in [1.29, 1.82) is 0 Å². The molecule has 2 bridgehead atoms. The second kappa shape index (κ2) is 1.90. The highest BCUT2D eigenvalue weighted by molar-refractivity contribution is 5.16. The van der Waals surface area contributed by atoms with Gasteiger partial charge in [-0.1, -0.05) is 0 Å². The predicted molar refractivity (Wildman–Crippen MR) is 31.1 cm³/mol. The van der Waals surface area contributed by atoms with Gasteiger partial charge in [0.25, 0.3) is 0 Å². The smallest absolute Gasteiger partial charge is 0.158 e. The number of hydrogen-bond acceptors (Lipinski definition) is 0. The summed E-state index contributed by atoms with van der Waals surface area (Å²) in [5, 5.41) is 2.32. The molecule has 0 amide bonds. The van der Waals surface area contributed by atoms with Crippen molar-refractivity contribution in [3.8, 4) is 12.3 Å². The number of rotatable bonds is 0. The van der Waals surface area contributed by atoms with E-state index in [4.69, 9.17) is 6.42 Å². The van der Waals surface area contributed by atoms with Crippen LogP contribution in [0.25, 0.3) is 0 Å². The van der Waals surface area contributed by atoms with Gasteiger partial charge in [-0.15, -0.1) is 6.42 Å². The fourth-order valence-corrected chi connectivity index (χ4v) is 1.87. The molecule has 0 aromatic carbocycles. The van der Waals surface area contributed by atoms with Gasteiger partial charge in [0.05, 0.1) is 6.54 Å². The van der Waals surface area contributed by atoms with Crippen molar-refractivity contribution < 1.29 is 17.7 Å². The quantitative estimate of drug-likeness (QED) is 0.337. The monoisotopic (exact) mass is 143 g/mol. The maximum absolute atomic E-state index is 5.32. The zero-order chi connectivity index (χ0) is 5.61. The molecule has 1 nitrogen and oxygen atoms in total. The van der Waals surface area contributed by atoms with Crippen LogP contribution in [-0.2, 0) is 0 Å². The van der Waals surface area contributed by atoms with Gasteiger partial charge in [-0.05, 0) is 5.92 Å². The van der Waals surface area contributed by atoms with Gasteiger partial charge in [-0.25, -0.2) is 0 Å². The fourth-order valence-electron chi connectivity index (χ4n) is 1.87. The van der Waals surface area contributed by atoms with Gasteiger partial charge in [0.15, 0.2) is 5.54 Å². The first-order valence-electron chi connectivity index (χ1n) is 3.17. The van der Waals surface area contributed by atoms with E-state index in [-0.39, 0.29) is 17.9 Å². The lowest BCUT2D eigenvalue weighted by Crippen LogP contribution is -3.00. The van der Waals surface area contributed by atoms with E-state index in [1.807, 2.05) is 0 Å². The lowest BCUT2D eigenvalue weighted by Gasteiger charge is -2.26. The average Bonchev–Trinajstić information content (AvgIpc) is 2.17. The Balaban J connectivity index is 0.000000405. The van der Waals surface area contributed by atoms with E-state index in [0.717, 1.165) is 5.92 Å². The number of halogens is 1. The van der Waals surface area contributed by atoms with Crippen molar-refractivity contribution in [1.82, 2.24) is 0 Å². The first-order chi connectivity index (χ1) is 3.85. The number of fused-ring (bicyclic) bond motifs is 1. The summed E-state index contributed by atoms with van der Waals surface area (Å²) in [5.41, 5.74) is 0.282. The highest BCUT2D eigenvalue weighted by Crippen LogP contribution is 2.37. The van der Waals surface area contributed by atoms with Crippen LogP contribution in [0.4, 0.5) is 0 Å². The Bertz CT molecular complexity index is 147. The fraction of sp³-hybridized carbons (Fsp3) is 0.714. The Labute approximate surface area is 61.6 Å². The molecule has 3 rings (SSSR count). The van der Waals surface area contributed by atoms with Gasteiger partial charge in [0, 0.05) is 18.8 Å². The Hall–Kier alpha value is -0.190. The number of quaternary nitrogens is 1. The lowest BCUT2D eigenvalue weighted by atomic mass is 9.74. The standard InChI is InChI=1S/C7H9N.ClH/c1-2-7-3-6(4-7)5-8-7;/h1,6,8H,3-5H2;1H. The van der Waals surface area contributed by atoms with Crippen molar-refractivity contribution >= 4 is 0 Å². The minimum Gasteiger partial charge on any atom is -1.00 e. The average molecular weight is 144 g/mol. The Morgan fingerprint density at radius 2 is 2.22 bits per heavy atom. The van der Waals surface area contributed by atoms with E-state index in [0.29, 0.717) is 0 Å². The molecule has 2 heterocycles. The third-order valence-electron chi connectivity index (χ3n) is 2.44. The predicted octanol–water partition coefficient (Wildman–Crippen LogP) is -3.65. The largest absolute Gasteiger partial charge is 1.00 e. The molecule has 0 aromatic rings. The first-order valence-corrected chi connectivity index (χ1v) is 3.17. The molecule has 2 N–H and O–H groups in total. The molecule has 3 fully saturated rings. The molecule has 50 valence electrons. The molecule has 1 saturated carbocycles. The van der Waals surface area contributed by atoms with Crippen LogP contribution >= 0.6 is 0 Å². The number of terminal acetylenes is 1. The van der Waals surface area contributed by atoms with Crippen LogP contribution in [0.3, 0.4) is 0 Å². The third kappa shape index (κ3) is 0.745. The molecule has 0 unspecified atom stereocenters. The molecule has 2 saturated heterocycles. The van der Waals surface area contributed by atoms with Gasteiger partial charge >= 0.3 is 0 Å². The van der Waals surface area contributed by atoms with Gasteiger partial charge in [0.2, 0.25) is 0 Å². The van der Waals surface area contributed by atoms with E-state index in [1.165, 1.54) is 19.4 Å². The molecule has 0 spiro atoms. The minimum absolute atomic E-state index is 0. The second-order valence-electron chi connectivity index (χ2n) is 3.01. The van der Waals surface area contributed by atoms with Crippen molar-refractivity contribution in [2.75, 3.05) is 6.54 Å². The normalized spacial score (nSPS) is 44.6. The molecular formula is C7H10ClN. The van der Waals surface area contributed by atoms with E-state index >= 15 is 0 Å². The Kier molecular flexibility index (Phi) is 1.46. The molecule has 1 aliphatic carbocycles. The summed E-state index contributed by atoms with van der Waals surface area (Å²) in [6.07, 6.45) is 7.89. The van der Waals surface area contributed by atoms with Gasteiger partial charge in [-0.3, -0.25) is 0 Å². The molecule has 0 aromatic heterocycles. The number of nitrogens with two attached hydrogens (primary N) is 1.